The van der Waals surface area contributed by atoms with Crippen molar-refractivity contribution in [2.75, 3.05) is 55.9 Å². The Morgan fingerprint density at radius 1 is 1.20 bits per heavy atom. The van der Waals surface area contributed by atoms with Crippen LogP contribution in [0.2, 0.25) is 0 Å². The number of rotatable bonds is 7. The summed E-state index contributed by atoms with van der Waals surface area (Å²) >= 11 is 0. The van der Waals surface area contributed by atoms with Crippen LogP contribution in [0.3, 0.4) is 0 Å². The van der Waals surface area contributed by atoms with Crippen LogP contribution in [0.15, 0.2) is 0 Å². The van der Waals surface area contributed by atoms with E-state index in [2.05, 4.69) is 37.4 Å². The molecule has 1 aromatic heterocycles. The lowest BCUT2D eigenvalue weighted by Gasteiger charge is -2.17. The second-order valence-corrected chi connectivity index (χ2v) is 5.17. The molecule has 2 N–H and O–H groups in total. The summed E-state index contributed by atoms with van der Waals surface area (Å²) in [6.07, 6.45) is 2.41. The number of methoxy groups -OCH3 is 1. The van der Waals surface area contributed by atoms with Gasteiger partial charge in [-0.25, -0.2) is 0 Å². The van der Waals surface area contributed by atoms with E-state index >= 15 is 0 Å². The first-order valence-corrected chi connectivity index (χ1v) is 7.14. The molecule has 20 heavy (non-hydrogen) atoms. The highest BCUT2D eigenvalue weighted by Gasteiger charge is 2.17. The minimum atomic E-state index is 0.407. The number of nitrogens with one attached hydrogen (secondary N) is 2. The highest BCUT2D eigenvalue weighted by molar-refractivity contribution is 5.44. The van der Waals surface area contributed by atoms with Crippen LogP contribution in [0.5, 0.6) is 0 Å². The van der Waals surface area contributed by atoms with Gasteiger partial charge in [0.15, 0.2) is 0 Å². The number of anilines is 3. The molecule has 7 heteroatoms. The quantitative estimate of drug-likeness (QED) is 0.777. The van der Waals surface area contributed by atoms with Gasteiger partial charge in [0, 0.05) is 33.8 Å². The molecular formula is C13H24N6O. The Labute approximate surface area is 120 Å². The van der Waals surface area contributed by atoms with Gasteiger partial charge in [-0.05, 0) is 18.8 Å². The molecular weight excluding hydrogens is 256 g/mol. The van der Waals surface area contributed by atoms with Crippen molar-refractivity contribution in [3.63, 3.8) is 0 Å². The molecule has 2 rings (SSSR count). The molecule has 0 radical (unpaired) electrons. The van der Waals surface area contributed by atoms with Crippen LogP contribution in [-0.4, -0.2) is 55.4 Å². The summed E-state index contributed by atoms with van der Waals surface area (Å²) in [5.74, 6) is 2.38. The fourth-order valence-corrected chi connectivity index (χ4v) is 2.22. The summed E-state index contributed by atoms with van der Waals surface area (Å²) < 4.78 is 5.13. The standard InChI is InChI=1S/C13H24N6O/c1-10(9-20-3)8-15-12-16-11(14-2)17-13(18-12)19-6-4-5-7-19/h10H,4-9H2,1-3H3,(H2,14,15,16,17,18). The van der Waals surface area contributed by atoms with E-state index in [0.29, 0.717) is 17.8 Å². The van der Waals surface area contributed by atoms with E-state index in [9.17, 15) is 0 Å². The van der Waals surface area contributed by atoms with Crippen molar-refractivity contribution in [3.8, 4) is 0 Å². The summed E-state index contributed by atoms with van der Waals surface area (Å²) in [7, 11) is 3.53. The Morgan fingerprint density at radius 2 is 1.90 bits per heavy atom. The minimum absolute atomic E-state index is 0.407. The largest absolute Gasteiger partial charge is 0.384 e. The number of ether oxygens (including phenoxy) is 1. The lowest BCUT2D eigenvalue weighted by atomic mass is 10.2. The molecule has 1 fully saturated rings. The van der Waals surface area contributed by atoms with Gasteiger partial charge >= 0.3 is 0 Å². The highest BCUT2D eigenvalue weighted by atomic mass is 16.5. The monoisotopic (exact) mass is 280 g/mol. The van der Waals surface area contributed by atoms with Gasteiger partial charge in [0.1, 0.15) is 0 Å². The maximum absolute atomic E-state index is 5.13. The molecule has 0 bridgehead atoms. The summed E-state index contributed by atoms with van der Waals surface area (Å²) in [5.41, 5.74) is 0. The van der Waals surface area contributed by atoms with Gasteiger partial charge in [0.2, 0.25) is 17.8 Å². The third-order valence-electron chi connectivity index (χ3n) is 3.30. The van der Waals surface area contributed by atoms with E-state index in [0.717, 1.165) is 32.2 Å². The second-order valence-electron chi connectivity index (χ2n) is 5.17. The van der Waals surface area contributed by atoms with E-state index in [1.54, 1.807) is 7.11 Å². The molecule has 1 saturated heterocycles. The van der Waals surface area contributed by atoms with Crippen molar-refractivity contribution < 1.29 is 4.74 Å². The van der Waals surface area contributed by atoms with E-state index in [4.69, 9.17) is 4.74 Å². The van der Waals surface area contributed by atoms with Crippen molar-refractivity contribution in [2.45, 2.75) is 19.8 Å². The molecule has 0 aromatic carbocycles. The Hall–Kier alpha value is -1.63. The van der Waals surface area contributed by atoms with Gasteiger partial charge in [-0.1, -0.05) is 6.92 Å². The minimum Gasteiger partial charge on any atom is -0.384 e. The zero-order chi connectivity index (χ0) is 14.4. The van der Waals surface area contributed by atoms with Crippen LogP contribution in [0.1, 0.15) is 19.8 Å². The first-order valence-electron chi connectivity index (χ1n) is 7.14. The molecule has 7 nitrogen and oxygen atoms in total. The third-order valence-corrected chi connectivity index (χ3v) is 3.30. The number of hydrogen-bond donors (Lipinski definition) is 2. The van der Waals surface area contributed by atoms with Gasteiger partial charge in [0.05, 0.1) is 6.61 Å². The molecule has 1 atom stereocenters. The smallest absolute Gasteiger partial charge is 0.231 e. The van der Waals surface area contributed by atoms with Gasteiger partial charge in [-0.2, -0.15) is 15.0 Å². The van der Waals surface area contributed by atoms with E-state index in [1.807, 2.05) is 7.05 Å². The van der Waals surface area contributed by atoms with Crippen LogP contribution in [0.25, 0.3) is 0 Å². The first kappa shape index (κ1) is 14.8. The van der Waals surface area contributed by atoms with Gasteiger partial charge in [-0.3, -0.25) is 0 Å². The zero-order valence-corrected chi connectivity index (χ0v) is 12.5. The Kier molecular flexibility index (Phi) is 5.34. The molecule has 2 heterocycles. The maximum atomic E-state index is 5.13. The van der Waals surface area contributed by atoms with Crippen molar-refractivity contribution in [3.05, 3.63) is 0 Å². The third kappa shape index (κ3) is 3.93. The molecule has 112 valence electrons. The molecule has 1 aliphatic heterocycles. The average Bonchev–Trinajstić information content (AvgIpc) is 2.99. The number of aromatic nitrogens is 3. The summed E-state index contributed by atoms with van der Waals surface area (Å²) in [6, 6.07) is 0. The predicted octanol–water partition coefficient (Wildman–Crippen LogP) is 1.21. The van der Waals surface area contributed by atoms with Crippen LogP contribution in [0, 0.1) is 5.92 Å². The van der Waals surface area contributed by atoms with E-state index in [-0.39, 0.29) is 0 Å². The SMILES string of the molecule is CNc1nc(NCC(C)COC)nc(N2CCCC2)n1. The lowest BCUT2D eigenvalue weighted by molar-refractivity contribution is 0.164. The van der Waals surface area contributed by atoms with Crippen LogP contribution in [-0.2, 0) is 4.74 Å². The molecule has 0 saturated carbocycles. The normalized spacial score (nSPS) is 16.2. The van der Waals surface area contributed by atoms with Crippen molar-refractivity contribution >= 4 is 17.8 Å². The first-order chi connectivity index (χ1) is 9.72. The molecule has 1 aromatic rings. The van der Waals surface area contributed by atoms with E-state index < -0.39 is 0 Å². The highest BCUT2D eigenvalue weighted by Crippen LogP contribution is 2.18. The summed E-state index contributed by atoms with van der Waals surface area (Å²) in [5, 5.41) is 6.25. The van der Waals surface area contributed by atoms with E-state index in [1.165, 1.54) is 12.8 Å². The topological polar surface area (TPSA) is 75.2 Å². The van der Waals surface area contributed by atoms with Gasteiger partial charge in [0.25, 0.3) is 0 Å². The summed E-state index contributed by atoms with van der Waals surface area (Å²) in [4.78, 5) is 15.5. The van der Waals surface area contributed by atoms with Crippen molar-refractivity contribution in [1.82, 2.24) is 15.0 Å². The molecule has 1 aliphatic rings. The maximum Gasteiger partial charge on any atom is 0.231 e. The fourth-order valence-electron chi connectivity index (χ4n) is 2.22. The number of nitrogens with zero attached hydrogens (tertiary/aromatic N) is 4. The van der Waals surface area contributed by atoms with Crippen LogP contribution in [0.4, 0.5) is 17.8 Å². The van der Waals surface area contributed by atoms with Gasteiger partial charge in [-0.15, -0.1) is 0 Å². The molecule has 0 spiro atoms. The summed E-state index contributed by atoms with van der Waals surface area (Å²) in [6.45, 7) is 5.66. The Morgan fingerprint density at radius 3 is 2.55 bits per heavy atom. The second kappa shape index (κ2) is 7.23. The Balaban J connectivity index is 2.05. The number of hydrogen-bond acceptors (Lipinski definition) is 7. The molecule has 0 aliphatic carbocycles. The predicted molar refractivity (Wildman–Crippen MR) is 80.4 cm³/mol. The fraction of sp³-hybridized carbons (Fsp3) is 0.769. The van der Waals surface area contributed by atoms with Crippen molar-refractivity contribution in [1.29, 1.82) is 0 Å². The molecule has 1 unspecified atom stereocenters. The van der Waals surface area contributed by atoms with Crippen LogP contribution >= 0.6 is 0 Å². The Bertz CT molecular complexity index is 421. The van der Waals surface area contributed by atoms with Crippen molar-refractivity contribution in [2.24, 2.45) is 5.92 Å². The lowest BCUT2D eigenvalue weighted by Crippen LogP contribution is -2.23. The van der Waals surface area contributed by atoms with Gasteiger partial charge < -0.3 is 20.3 Å². The zero-order valence-electron chi connectivity index (χ0n) is 12.5. The average molecular weight is 280 g/mol. The molecule has 0 amide bonds. The van der Waals surface area contributed by atoms with Crippen LogP contribution < -0.4 is 15.5 Å².